The Kier molecular flexibility index (Phi) is 3.75. The first kappa shape index (κ1) is 14.4. The van der Waals surface area contributed by atoms with Crippen molar-refractivity contribution in [3.63, 3.8) is 0 Å². The zero-order chi connectivity index (χ0) is 15.7. The number of nitrogens with zero attached hydrogens (tertiary/aromatic N) is 2. The van der Waals surface area contributed by atoms with Gasteiger partial charge < -0.3 is 4.90 Å². The number of rotatable bonds is 3. The number of hydrogen-bond donors (Lipinski definition) is 0. The molecule has 0 radical (unpaired) electrons. The average molecular weight is 304 g/mol. The second kappa shape index (κ2) is 5.71. The molecule has 2 aromatic rings. The van der Waals surface area contributed by atoms with Crippen LogP contribution >= 0.6 is 0 Å². The first-order valence-electron chi connectivity index (χ1n) is 7.02. The molecule has 4 nitrogen and oxygen atoms in total. The van der Waals surface area contributed by atoms with Crippen molar-refractivity contribution in [1.29, 1.82) is 0 Å². The third-order valence-corrected chi connectivity index (χ3v) is 3.93. The Morgan fingerprint density at radius 2 is 1.91 bits per heavy atom. The normalized spacial score (nSPS) is 17.7. The molecule has 0 saturated carbocycles. The van der Waals surface area contributed by atoms with Crippen LogP contribution < -0.4 is 4.90 Å². The van der Waals surface area contributed by atoms with E-state index in [2.05, 4.69) is 0 Å². The van der Waals surface area contributed by atoms with Crippen LogP contribution in [0.15, 0.2) is 42.5 Å². The van der Waals surface area contributed by atoms with Crippen LogP contribution in [0.5, 0.6) is 0 Å². The van der Waals surface area contributed by atoms with E-state index < -0.39 is 10.7 Å². The molecule has 0 spiro atoms. The Labute approximate surface area is 126 Å². The van der Waals surface area contributed by atoms with E-state index in [1.165, 1.54) is 24.3 Å². The molecule has 0 aliphatic carbocycles. The molecule has 2 aromatic carbocycles. The SMILES string of the molecule is O=[N+]([O-])c1ccc(F)cc1N1CCCC1c1cccc(F)c1. The Bertz CT molecular complexity index is 721. The summed E-state index contributed by atoms with van der Waals surface area (Å²) in [5.41, 5.74) is 0.859. The molecule has 1 saturated heterocycles. The minimum Gasteiger partial charge on any atom is -0.359 e. The molecule has 0 amide bonds. The predicted octanol–water partition coefficient (Wildman–Crippen LogP) is 4.21. The lowest BCUT2D eigenvalue weighted by molar-refractivity contribution is -0.384. The number of hydrogen-bond acceptors (Lipinski definition) is 3. The highest BCUT2D eigenvalue weighted by molar-refractivity contribution is 5.65. The Hall–Kier alpha value is -2.50. The van der Waals surface area contributed by atoms with Crippen LogP contribution in [0, 0.1) is 21.7 Å². The molecule has 1 fully saturated rings. The summed E-state index contributed by atoms with van der Waals surface area (Å²) in [6.07, 6.45) is 1.56. The maximum absolute atomic E-state index is 13.5. The zero-order valence-corrected chi connectivity index (χ0v) is 11.7. The largest absolute Gasteiger partial charge is 0.359 e. The molecule has 114 valence electrons. The quantitative estimate of drug-likeness (QED) is 0.630. The van der Waals surface area contributed by atoms with Crippen molar-refractivity contribution in [2.45, 2.75) is 18.9 Å². The predicted molar refractivity (Wildman–Crippen MR) is 78.8 cm³/mol. The topological polar surface area (TPSA) is 46.4 Å². The number of anilines is 1. The molecule has 3 rings (SSSR count). The third kappa shape index (κ3) is 2.64. The lowest BCUT2D eigenvalue weighted by Gasteiger charge is -2.27. The van der Waals surface area contributed by atoms with E-state index in [0.717, 1.165) is 24.5 Å². The van der Waals surface area contributed by atoms with Crippen molar-refractivity contribution in [2.75, 3.05) is 11.4 Å². The van der Waals surface area contributed by atoms with Gasteiger partial charge in [0.05, 0.1) is 11.0 Å². The Morgan fingerprint density at radius 1 is 1.14 bits per heavy atom. The molecule has 0 N–H and O–H groups in total. The van der Waals surface area contributed by atoms with Gasteiger partial charge in [-0.3, -0.25) is 10.1 Å². The molecule has 1 heterocycles. The number of benzene rings is 2. The van der Waals surface area contributed by atoms with E-state index in [0.29, 0.717) is 6.54 Å². The van der Waals surface area contributed by atoms with Crippen LogP contribution in [0.1, 0.15) is 24.4 Å². The van der Waals surface area contributed by atoms with Crippen molar-refractivity contribution in [1.82, 2.24) is 0 Å². The summed E-state index contributed by atoms with van der Waals surface area (Å²) >= 11 is 0. The van der Waals surface area contributed by atoms with Gasteiger partial charge in [-0.05, 0) is 36.6 Å². The maximum atomic E-state index is 13.5. The highest BCUT2D eigenvalue weighted by Gasteiger charge is 2.31. The number of nitro groups is 1. The minimum absolute atomic E-state index is 0.135. The van der Waals surface area contributed by atoms with Gasteiger partial charge in [0.25, 0.3) is 5.69 Å². The Morgan fingerprint density at radius 3 is 2.64 bits per heavy atom. The molecular weight excluding hydrogens is 290 g/mol. The molecule has 0 bridgehead atoms. The summed E-state index contributed by atoms with van der Waals surface area (Å²) in [5.74, 6) is -0.872. The maximum Gasteiger partial charge on any atom is 0.292 e. The molecule has 6 heteroatoms. The van der Waals surface area contributed by atoms with Gasteiger partial charge in [0, 0.05) is 18.7 Å². The number of nitro benzene ring substituents is 1. The molecule has 1 atom stereocenters. The van der Waals surface area contributed by atoms with E-state index in [4.69, 9.17) is 0 Å². The summed E-state index contributed by atoms with van der Waals surface area (Å²) < 4.78 is 27.0. The van der Waals surface area contributed by atoms with Gasteiger partial charge in [0.15, 0.2) is 0 Å². The van der Waals surface area contributed by atoms with Crippen molar-refractivity contribution in [3.8, 4) is 0 Å². The summed E-state index contributed by atoms with van der Waals surface area (Å²) in [4.78, 5) is 12.5. The fourth-order valence-electron chi connectivity index (χ4n) is 3.00. The van der Waals surface area contributed by atoms with Crippen molar-refractivity contribution in [2.24, 2.45) is 0 Å². The molecule has 0 aromatic heterocycles. The number of halogens is 2. The van der Waals surface area contributed by atoms with Gasteiger partial charge in [-0.25, -0.2) is 8.78 Å². The molecule has 1 unspecified atom stereocenters. The van der Waals surface area contributed by atoms with Gasteiger partial charge in [0.1, 0.15) is 17.3 Å². The Balaban J connectivity index is 2.04. The minimum atomic E-state index is -0.523. The average Bonchev–Trinajstić information content (AvgIpc) is 2.96. The fraction of sp³-hybridized carbons (Fsp3) is 0.250. The second-order valence-corrected chi connectivity index (χ2v) is 5.30. The van der Waals surface area contributed by atoms with Gasteiger partial charge >= 0.3 is 0 Å². The van der Waals surface area contributed by atoms with Crippen LogP contribution in [0.2, 0.25) is 0 Å². The smallest absolute Gasteiger partial charge is 0.292 e. The summed E-state index contributed by atoms with van der Waals surface area (Å²) in [6.45, 7) is 0.575. The van der Waals surface area contributed by atoms with Crippen molar-refractivity contribution >= 4 is 11.4 Å². The van der Waals surface area contributed by atoms with Gasteiger partial charge in [-0.2, -0.15) is 0 Å². The monoisotopic (exact) mass is 304 g/mol. The lowest BCUT2D eigenvalue weighted by atomic mass is 10.0. The van der Waals surface area contributed by atoms with Gasteiger partial charge in [0.2, 0.25) is 0 Å². The summed E-state index contributed by atoms with van der Waals surface area (Å²) in [6, 6.07) is 9.42. The molecule has 1 aliphatic heterocycles. The van der Waals surface area contributed by atoms with E-state index in [9.17, 15) is 18.9 Å². The first-order chi connectivity index (χ1) is 10.6. The van der Waals surface area contributed by atoms with Gasteiger partial charge in [-0.1, -0.05) is 12.1 Å². The van der Waals surface area contributed by atoms with E-state index in [1.807, 2.05) is 0 Å². The highest BCUT2D eigenvalue weighted by Crippen LogP contribution is 2.40. The summed E-state index contributed by atoms with van der Waals surface area (Å²) in [7, 11) is 0. The van der Waals surface area contributed by atoms with Crippen LogP contribution in [0.4, 0.5) is 20.2 Å². The lowest BCUT2D eigenvalue weighted by Crippen LogP contribution is -2.23. The van der Waals surface area contributed by atoms with E-state index >= 15 is 0 Å². The molecular formula is C16H14F2N2O2. The zero-order valence-electron chi connectivity index (χ0n) is 11.7. The van der Waals surface area contributed by atoms with Gasteiger partial charge in [-0.15, -0.1) is 0 Å². The van der Waals surface area contributed by atoms with Crippen LogP contribution in [0.3, 0.4) is 0 Å². The van der Waals surface area contributed by atoms with Crippen LogP contribution in [-0.2, 0) is 0 Å². The molecule has 1 aliphatic rings. The highest BCUT2D eigenvalue weighted by atomic mass is 19.1. The van der Waals surface area contributed by atoms with Crippen LogP contribution in [0.25, 0.3) is 0 Å². The fourth-order valence-corrected chi connectivity index (χ4v) is 3.00. The first-order valence-corrected chi connectivity index (χ1v) is 7.02. The van der Waals surface area contributed by atoms with Crippen molar-refractivity contribution in [3.05, 3.63) is 69.8 Å². The summed E-state index contributed by atoms with van der Waals surface area (Å²) in [5, 5.41) is 11.2. The standard InChI is InChI=1S/C16H14F2N2O2/c17-12-4-1-3-11(9-12)14-5-2-8-19(14)16-10-13(18)6-7-15(16)20(21)22/h1,3-4,6-7,9-10,14H,2,5,8H2. The van der Waals surface area contributed by atoms with Crippen LogP contribution in [-0.4, -0.2) is 11.5 Å². The van der Waals surface area contributed by atoms with Crippen molar-refractivity contribution < 1.29 is 13.7 Å². The molecule has 22 heavy (non-hydrogen) atoms. The second-order valence-electron chi connectivity index (χ2n) is 5.30. The van der Waals surface area contributed by atoms with E-state index in [1.54, 1.807) is 17.0 Å². The third-order valence-electron chi connectivity index (χ3n) is 3.93. The van der Waals surface area contributed by atoms with E-state index in [-0.39, 0.29) is 23.2 Å².